The summed E-state index contributed by atoms with van der Waals surface area (Å²) in [5.41, 5.74) is 0.645. The molecule has 1 amide bonds. The Balaban J connectivity index is 2.00. The predicted octanol–water partition coefficient (Wildman–Crippen LogP) is 0.261. The van der Waals surface area contributed by atoms with E-state index in [0.29, 0.717) is 11.3 Å². The third kappa shape index (κ3) is 6.55. The summed E-state index contributed by atoms with van der Waals surface area (Å²) >= 11 is 0. The van der Waals surface area contributed by atoms with Crippen LogP contribution in [-0.4, -0.2) is 91.8 Å². The van der Waals surface area contributed by atoms with Gasteiger partial charge in [-0.3, -0.25) is 9.52 Å². The number of nitrogens with one attached hydrogen (secondary N) is 1. The summed E-state index contributed by atoms with van der Waals surface area (Å²) < 4.78 is 61.0. The Morgan fingerprint density at radius 1 is 1.31 bits per heavy atom. The topological polar surface area (TPSA) is 151 Å². The van der Waals surface area contributed by atoms with Crippen LogP contribution in [0.4, 0.5) is 5.69 Å². The highest BCUT2D eigenvalue weighted by molar-refractivity contribution is 7.92. The van der Waals surface area contributed by atoms with Crippen molar-refractivity contribution in [2.24, 2.45) is 13.0 Å². The first-order chi connectivity index (χ1) is 16.7. The quantitative estimate of drug-likeness (QED) is 0.481. The van der Waals surface area contributed by atoms with Crippen LogP contribution in [0.25, 0.3) is 0 Å². The molecule has 0 aliphatic carbocycles. The number of aromatic nitrogens is 2. The van der Waals surface area contributed by atoms with E-state index in [9.17, 15) is 26.7 Å². The third-order valence-corrected chi connectivity index (χ3v) is 8.68. The monoisotopic (exact) mass is 543 g/mol. The van der Waals surface area contributed by atoms with Gasteiger partial charge in [-0.1, -0.05) is 6.92 Å². The molecule has 0 saturated heterocycles. The minimum absolute atomic E-state index is 0.0447. The number of benzene rings is 1. The minimum Gasteiger partial charge on any atom is -0.488 e. The maximum atomic E-state index is 13.2. The van der Waals surface area contributed by atoms with Crippen molar-refractivity contribution in [1.82, 2.24) is 18.8 Å². The lowest BCUT2D eigenvalue weighted by atomic mass is 10.0. The molecule has 0 saturated carbocycles. The first-order valence-electron chi connectivity index (χ1n) is 11.3. The number of ether oxygens (including phenoxy) is 1. The average Bonchev–Trinajstić information content (AvgIpc) is 3.24. The van der Waals surface area contributed by atoms with E-state index >= 15 is 0 Å². The molecule has 2 heterocycles. The van der Waals surface area contributed by atoms with Crippen molar-refractivity contribution < 1.29 is 31.5 Å². The predicted molar refractivity (Wildman–Crippen MR) is 133 cm³/mol. The van der Waals surface area contributed by atoms with Crippen LogP contribution in [0.3, 0.4) is 0 Å². The molecule has 200 valence electrons. The molecule has 0 radical (unpaired) electrons. The average molecular weight is 544 g/mol. The van der Waals surface area contributed by atoms with Gasteiger partial charge in [0.15, 0.2) is 5.03 Å². The van der Waals surface area contributed by atoms with Crippen LogP contribution in [0.5, 0.6) is 5.75 Å². The van der Waals surface area contributed by atoms with Gasteiger partial charge in [-0.15, -0.1) is 0 Å². The van der Waals surface area contributed by atoms with Crippen LogP contribution < -0.4 is 9.46 Å². The highest BCUT2D eigenvalue weighted by atomic mass is 32.2. The Bertz CT molecular complexity index is 1310. The highest BCUT2D eigenvalue weighted by Gasteiger charge is 2.32. The zero-order chi connectivity index (χ0) is 26.8. The first kappa shape index (κ1) is 27.9. The van der Waals surface area contributed by atoms with Crippen molar-refractivity contribution in [3.63, 3.8) is 0 Å². The van der Waals surface area contributed by atoms with E-state index in [1.54, 1.807) is 24.9 Å². The standard InChI is InChI=1S/C22H33N5O7S2/c1-15-10-27(16(2)13-28)22(29)9-17-8-18(24-36(32,33)21-12-25(3)14-23-21)6-7-19(17)34-20(15)11-26(4)35(5,30)31/h6-8,12,14-16,20,24,28H,9-11,13H2,1-5H3/t15-,16+,20-/m1/s1. The lowest BCUT2D eigenvalue weighted by molar-refractivity contribution is -0.134. The number of imidazole rings is 1. The van der Waals surface area contributed by atoms with Gasteiger partial charge >= 0.3 is 0 Å². The maximum Gasteiger partial charge on any atom is 0.280 e. The number of carbonyl (C=O) groups is 1. The molecule has 36 heavy (non-hydrogen) atoms. The lowest BCUT2D eigenvalue weighted by Gasteiger charge is -2.33. The number of hydrogen-bond acceptors (Lipinski definition) is 8. The van der Waals surface area contributed by atoms with Crippen LogP contribution in [0.15, 0.2) is 35.7 Å². The van der Waals surface area contributed by atoms with Gasteiger partial charge in [0.25, 0.3) is 10.0 Å². The number of carbonyl (C=O) groups excluding carboxylic acids is 1. The molecule has 0 unspecified atom stereocenters. The van der Waals surface area contributed by atoms with Gasteiger partial charge < -0.3 is 19.3 Å². The Hall–Kier alpha value is -2.68. The molecule has 1 aromatic carbocycles. The SMILES string of the molecule is C[C@@H]1CN([C@@H](C)CO)C(=O)Cc2cc(NS(=O)(=O)c3cn(C)cn3)ccc2O[C@@H]1CN(C)S(C)(=O)=O. The summed E-state index contributed by atoms with van der Waals surface area (Å²) in [5.74, 6) is -0.197. The number of hydrogen-bond donors (Lipinski definition) is 2. The van der Waals surface area contributed by atoms with Crippen molar-refractivity contribution in [2.45, 2.75) is 37.4 Å². The van der Waals surface area contributed by atoms with Crippen LogP contribution in [0, 0.1) is 5.92 Å². The van der Waals surface area contributed by atoms with E-state index in [1.807, 2.05) is 6.92 Å². The zero-order valence-corrected chi connectivity index (χ0v) is 22.6. The van der Waals surface area contributed by atoms with Crippen molar-refractivity contribution in [2.75, 3.05) is 37.7 Å². The van der Waals surface area contributed by atoms with Crippen molar-refractivity contribution >= 4 is 31.6 Å². The molecule has 12 nitrogen and oxygen atoms in total. The number of fused-ring (bicyclic) bond motifs is 1. The molecule has 2 aromatic rings. The Morgan fingerprint density at radius 3 is 2.58 bits per heavy atom. The van der Waals surface area contributed by atoms with E-state index in [1.165, 1.54) is 40.6 Å². The number of aryl methyl sites for hydroxylation is 1. The summed E-state index contributed by atoms with van der Waals surface area (Å²) in [6, 6.07) is 4.12. The second-order valence-electron chi connectivity index (χ2n) is 9.24. The van der Waals surface area contributed by atoms with Gasteiger partial charge in [0, 0.05) is 44.0 Å². The Labute approximate surface area is 212 Å². The van der Waals surface area contributed by atoms with Crippen molar-refractivity contribution in [1.29, 1.82) is 0 Å². The summed E-state index contributed by atoms with van der Waals surface area (Å²) in [6.45, 7) is 3.62. The second-order valence-corrected chi connectivity index (χ2v) is 13.0. The minimum atomic E-state index is -3.96. The second kappa shape index (κ2) is 10.7. The summed E-state index contributed by atoms with van der Waals surface area (Å²) in [6.07, 6.45) is 3.13. The highest BCUT2D eigenvalue weighted by Crippen LogP contribution is 2.30. The smallest absolute Gasteiger partial charge is 0.280 e. The van der Waals surface area contributed by atoms with E-state index in [4.69, 9.17) is 4.74 Å². The summed E-state index contributed by atoms with van der Waals surface area (Å²) in [7, 11) is -4.34. The van der Waals surface area contributed by atoms with Crippen LogP contribution in [-0.2, 0) is 38.3 Å². The number of aliphatic hydroxyl groups excluding tert-OH is 1. The number of rotatable bonds is 8. The van der Waals surface area contributed by atoms with Gasteiger partial charge in [-0.25, -0.2) is 17.7 Å². The molecule has 1 aliphatic rings. The number of anilines is 1. The van der Waals surface area contributed by atoms with Gasteiger partial charge in [0.2, 0.25) is 15.9 Å². The van der Waals surface area contributed by atoms with Gasteiger partial charge in [-0.05, 0) is 25.1 Å². The van der Waals surface area contributed by atoms with Gasteiger partial charge in [0.1, 0.15) is 11.9 Å². The van der Waals surface area contributed by atoms with Gasteiger partial charge in [-0.2, -0.15) is 8.42 Å². The number of likely N-dealkylation sites (N-methyl/N-ethyl adjacent to an activating group) is 1. The number of amides is 1. The number of aliphatic hydroxyl groups is 1. The Morgan fingerprint density at radius 2 is 2.00 bits per heavy atom. The normalized spacial score (nSPS) is 20.2. The molecule has 2 N–H and O–H groups in total. The fourth-order valence-electron chi connectivity index (χ4n) is 3.83. The lowest BCUT2D eigenvalue weighted by Crippen LogP contribution is -2.48. The third-order valence-electron chi connectivity index (χ3n) is 6.13. The van der Waals surface area contributed by atoms with E-state index < -0.39 is 32.2 Å². The summed E-state index contributed by atoms with van der Waals surface area (Å²) in [4.78, 5) is 18.7. The largest absolute Gasteiger partial charge is 0.488 e. The molecule has 1 aliphatic heterocycles. The molecule has 1 aromatic heterocycles. The van der Waals surface area contributed by atoms with E-state index in [2.05, 4.69) is 9.71 Å². The van der Waals surface area contributed by atoms with Crippen LogP contribution >= 0.6 is 0 Å². The van der Waals surface area contributed by atoms with Crippen molar-refractivity contribution in [3.05, 3.63) is 36.3 Å². The molecule has 0 fully saturated rings. The Kier molecular flexibility index (Phi) is 8.33. The molecule has 3 rings (SSSR count). The van der Waals surface area contributed by atoms with E-state index in [0.717, 1.165) is 6.26 Å². The molecule has 14 heteroatoms. The molecule has 3 atom stereocenters. The maximum absolute atomic E-state index is 13.2. The zero-order valence-electron chi connectivity index (χ0n) is 20.9. The molecular formula is C22H33N5O7S2. The van der Waals surface area contributed by atoms with Crippen molar-refractivity contribution in [3.8, 4) is 5.75 Å². The van der Waals surface area contributed by atoms with Crippen LogP contribution in [0.2, 0.25) is 0 Å². The van der Waals surface area contributed by atoms with E-state index in [-0.39, 0.29) is 48.7 Å². The number of nitrogens with zero attached hydrogens (tertiary/aromatic N) is 4. The fraction of sp³-hybridized carbons (Fsp3) is 0.545. The molecule has 0 bridgehead atoms. The number of sulfonamides is 2. The summed E-state index contributed by atoms with van der Waals surface area (Å²) in [5, 5.41) is 9.57. The van der Waals surface area contributed by atoms with Gasteiger partial charge in [0.05, 0.1) is 38.2 Å². The molecular weight excluding hydrogens is 510 g/mol. The van der Waals surface area contributed by atoms with Crippen LogP contribution in [0.1, 0.15) is 19.4 Å². The molecule has 0 spiro atoms. The first-order valence-corrected chi connectivity index (χ1v) is 14.7. The fourth-order valence-corrected chi connectivity index (χ4v) is 5.29.